The number of benzene rings is 1. The molecule has 0 bridgehead atoms. The van der Waals surface area contributed by atoms with Crippen LogP contribution in [0.25, 0.3) is 0 Å². The summed E-state index contributed by atoms with van der Waals surface area (Å²) < 4.78 is 9.92. The Bertz CT molecular complexity index is 464. The summed E-state index contributed by atoms with van der Waals surface area (Å²) in [6, 6.07) is 7.26. The van der Waals surface area contributed by atoms with E-state index in [1.54, 1.807) is 19.1 Å². The van der Waals surface area contributed by atoms with Gasteiger partial charge >= 0.3 is 11.9 Å². The first-order valence-corrected chi connectivity index (χ1v) is 6.61. The zero-order chi connectivity index (χ0) is 13.8. The Labute approximate surface area is 112 Å². The minimum absolute atomic E-state index is 0.0200. The van der Waals surface area contributed by atoms with Crippen LogP contribution in [0.4, 0.5) is 0 Å². The number of carbonyl (C=O) groups excluding carboxylic acids is 2. The molecule has 1 saturated carbocycles. The second-order valence-corrected chi connectivity index (χ2v) is 4.54. The third-order valence-corrected chi connectivity index (χ3v) is 3.23. The zero-order valence-corrected chi connectivity index (χ0v) is 11.2. The lowest BCUT2D eigenvalue weighted by molar-refractivity contribution is -0.144. The van der Waals surface area contributed by atoms with Gasteiger partial charge in [0.15, 0.2) is 0 Å². The van der Waals surface area contributed by atoms with Crippen molar-refractivity contribution in [1.29, 1.82) is 0 Å². The van der Waals surface area contributed by atoms with Gasteiger partial charge in [-0.05, 0) is 43.9 Å². The van der Waals surface area contributed by atoms with Crippen LogP contribution in [0.1, 0.15) is 42.1 Å². The van der Waals surface area contributed by atoms with E-state index < -0.39 is 0 Å². The van der Waals surface area contributed by atoms with E-state index >= 15 is 0 Å². The molecule has 1 aromatic rings. The zero-order valence-electron chi connectivity index (χ0n) is 11.2. The van der Waals surface area contributed by atoms with Crippen molar-refractivity contribution in [3.63, 3.8) is 0 Å². The van der Waals surface area contributed by atoms with Crippen LogP contribution in [0.2, 0.25) is 0 Å². The Morgan fingerprint density at radius 1 is 1.11 bits per heavy atom. The van der Waals surface area contributed by atoms with Gasteiger partial charge in [0.25, 0.3) is 0 Å². The predicted molar refractivity (Wildman–Crippen MR) is 69.9 cm³/mol. The maximum absolute atomic E-state index is 11.6. The lowest BCUT2D eigenvalue weighted by Crippen LogP contribution is -2.07. The number of ether oxygens (including phenoxy) is 2. The van der Waals surface area contributed by atoms with Crippen molar-refractivity contribution in [1.82, 2.24) is 0 Å². The van der Waals surface area contributed by atoms with Crippen molar-refractivity contribution in [2.24, 2.45) is 5.92 Å². The molecule has 0 aliphatic heterocycles. The maximum atomic E-state index is 11.6. The second kappa shape index (κ2) is 5.87. The quantitative estimate of drug-likeness (QED) is 0.765. The highest BCUT2D eigenvalue weighted by Crippen LogP contribution is 2.48. The van der Waals surface area contributed by atoms with E-state index in [0.29, 0.717) is 18.8 Å². The Balaban J connectivity index is 1.97. The first-order valence-electron chi connectivity index (χ1n) is 6.61. The molecule has 0 saturated heterocycles. The molecule has 1 aliphatic carbocycles. The molecule has 0 spiro atoms. The largest absolute Gasteiger partial charge is 0.466 e. The van der Waals surface area contributed by atoms with Gasteiger partial charge in [-0.3, -0.25) is 4.79 Å². The van der Waals surface area contributed by atoms with Gasteiger partial charge in [-0.15, -0.1) is 0 Å². The minimum atomic E-state index is -0.313. The first-order chi connectivity index (χ1) is 9.17. The molecular formula is C15H18O4. The highest BCUT2D eigenvalue weighted by Gasteiger charge is 2.45. The van der Waals surface area contributed by atoms with Gasteiger partial charge in [0.2, 0.25) is 0 Å². The summed E-state index contributed by atoms with van der Waals surface area (Å²) in [6.07, 6.45) is 0.831. The molecule has 1 aromatic carbocycles. The lowest BCUT2D eigenvalue weighted by atomic mass is 10.1. The fourth-order valence-electron chi connectivity index (χ4n) is 2.15. The van der Waals surface area contributed by atoms with Crippen LogP contribution in [0.5, 0.6) is 0 Å². The summed E-state index contributed by atoms with van der Waals surface area (Å²) in [4.78, 5) is 23.1. The van der Waals surface area contributed by atoms with Gasteiger partial charge in [-0.2, -0.15) is 0 Å². The van der Waals surface area contributed by atoms with Gasteiger partial charge in [0, 0.05) is 0 Å². The smallest absolute Gasteiger partial charge is 0.338 e. The normalized spacial score (nSPS) is 20.7. The van der Waals surface area contributed by atoms with Crippen LogP contribution < -0.4 is 0 Å². The van der Waals surface area contributed by atoms with E-state index in [1.165, 1.54) is 0 Å². The maximum Gasteiger partial charge on any atom is 0.338 e. The van der Waals surface area contributed by atoms with E-state index in [2.05, 4.69) is 0 Å². The molecule has 0 aromatic heterocycles. The van der Waals surface area contributed by atoms with E-state index in [-0.39, 0.29) is 23.8 Å². The topological polar surface area (TPSA) is 52.6 Å². The summed E-state index contributed by atoms with van der Waals surface area (Å²) in [5, 5.41) is 0. The van der Waals surface area contributed by atoms with Crippen LogP contribution in [-0.2, 0) is 14.3 Å². The number of hydrogen-bond donors (Lipinski definition) is 0. The second-order valence-electron chi connectivity index (χ2n) is 4.54. The Hall–Kier alpha value is -1.84. The molecule has 0 N–H and O–H groups in total. The van der Waals surface area contributed by atoms with Crippen molar-refractivity contribution in [3.05, 3.63) is 35.4 Å². The van der Waals surface area contributed by atoms with Gasteiger partial charge in [0.05, 0.1) is 24.7 Å². The molecule has 0 amide bonds. The van der Waals surface area contributed by atoms with Crippen LogP contribution in [0, 0.1) is 5.92 Å². The van der Waals surface area contributed by atoms with Crippen molar-refractivity contribution in [3.8, 4) is 0 Å². The first kappa shape index (κ1) is 13.6. The number of carbonyl (C=O) groups is 2. The van der Waals surface area contributed by atoms with Crippen LogP contribution >= 0.6 is 0 Å². The fraction of sp³-hybridized carbons (Fsp3) is 0.467. The number of esters is 2. The monoisotopic (exact) mass is 262 g/mol. The number of rotatable bonds is 5. The van der Waals surface area contributed by atoms with Gasteiger partial charge in [0.1, 0.15) is 0 Å². The number of hydrogen-bond acceptors (Lipinski definition) is 4. The molecule has 0 unspecified atom stereocenters. The van der Waals surface area contributed by atoms with E-state index in [4.69, 9.17) is 9.47 Å². The molecule has 0 radical (unpaired) electrons. The summed E-state index contributed by atoms with van der Waals surface area (Å²) in [5.41, 5.74) is 1.62. The van der Waals surface area contributed by atoms with Gasteiger partial charge < -0.3 is 9.47 Å². The Morgan fingerprint density at radius 2 is 1.74 bits per heavy atom. The molecule has 2 rings (SSSR count). The van der Waals surface area contributed by atoms with E-state index in [1.807, 2.05) is 19.1 Å². The SMILES string of the molecule is CCOC(=O)c1ccc([C@H]2C[C@@H]2C(=O)OCC)cc1. The Kier molecular flexibility index (Phi) is 4.20. The predicted octanol–water partition coefficient (Wildman–Crippen LogP) is 2.53. The molecule has 0 heterocycles. The average Bonchev–Trinajstić information content (AvgIpc) is 3.20. The minimum Gasteiger partial charge on any atom is -0.466 e. The summed E-state index contributed by atoms with van der Waals surface area (Å²) in [5.74, 6) is -0.225. The van der Waals surface area contributed by atoms with Gasteiger partial charge in [-0.25, -0.2) is 4.79 Å². The van der Waals surface area contributed by atoms with Crippen molar-refractivity contribution in [2.45, 2.75) is 26.2 Å². The molecule has 4 heteroatoms. The standard InChI is InChI=1S/C15H18O4/c1-3-18-14(16)11-7-5-10(6-8-11)12-9-13(12)15(17)19-4-2/h5-8,12-13H,3-4,9H2,1-2H3/t12-,13+/m1/s1. The summed E-state index contributed by atoms with van der Waals surface area (Å²) in [7, 11) is 0. The average molecular weight is 262 g/mol. The van der Waals surface area contributed by atoms with E-state index in [9.17, 15) is 9.59 Å². The fourth-order valence-corrected chi connectivity index (χ4v) is 2.15. The summed E-state index contributed by atoms with van der Waals surface area (Å²) in [6.45, 7) is 4.38. The molecule has 102 valence electrons. The highest BCUT2D eigenvalue weighted by atomic mass is 16.5. The van der Waals surface area contributed by atoms with Crippen molar-refractivity contribution >= 4 is 11.9 Å². The third-order valence-electron chi connectivity index (χ3n) is 3.23. The van der Waals surface area contributed by atoms with E-state index in [0.717, 1.165) is 12.0 Å². The van der Waals surface area contributed by atoms with Crippen molar-refractivity contribution in [2.75, 3.05) is 13.2 Å². The molecule has 2 atom stereocenters. The van der Waals surface area contributed by atoms with Crippen LogP contribution in [0.3, 0.4) is 0 Å². The lowest BCUT2D eigenvalue weighted by Gasteiger charge is -2.04. The van der Waals surface area contributed by atoms with Crippen LogP contribution in [0.15, 0.2) is 24.3 Å². The third kappa shape index (κ3) is 3.13. The molecular weight excluding hydrogens is 244 g/mol. The van der Waals surface area contributed by atoms with Gasteiger partial charge in [-0.1, -0.05) is 12.1 Å². The Morgan fingerprint density at radius 3 is 2.32 bits per heavy atom. The summed E-state index contributed by atoms with van der Waals surface area (Å²) >= 11 is 0. The molecule has 19 heavy (non-hydrogen) atoms. The molecule has 1 fully saturated rings. The highest BCUT2D eigenvalue weighted by molar-refractivity contribution is 5.89. The molecule has 4 nitrogen and oxygen atoms in total. The van der Waals surface area contributed by atoms with Crippen molar-refractivity contribution < 1.29 is 19.1 Å². The molecule has 1 aliphatic rings. The van der Waals surface area contributed by atoms with Crippen LogP contribution in [-0.4, -0.2) is 25.2 Å².